The van der Waals surface area contributed by atoms with Crippen LogP contribution in [0.3, 0.4) is 0 Å². The van der Waals surface area contributed by atoms with Crippen LogP contribution in [0.4, 0.5) is 4.39 Å². The fourth-order valence-electron chi connectivity index (χ4n) is 1.11. The maximum Gasteiger partial charge on any atom is 0.165 e. The van der Waals surface area contributed by atoms with Crippen LogP contribution in [0.2, 0.25) is 0 Å². The number of rotatable bonds is 3. The molecule has 0 radical (unpaired) electrons. The fourth-order valence-corrected chi connectivity index (χ4v) is 1.11. The topological polar surface area (TPSA) is 55.5 Å². The Hall–Kier alpha value is -1.13. The lowest BCUT2D eigenvalue weighted by atomic mass is 9.94. The molecule has 0 amide bonds. The van der Waals surface area contributed by atoms with E-state index >= 15 is 0 Å². The van der Waals surface area contributed by atoms with Crippen molar-refractivity contribution in [3.8, 4) is 5.75 Å². The van der Waals surface area contributed by atoms with Gasteiger partial charge in [0.25, 0.3) is 0 Å². The average molecular weight is 199 g/mol. The second-order valence-corrected chi connectivity index (χ2v) is 3.42. The zero-order valence-electron chi connectivity index (χ0n) is 8.25. The molecule has 3 nitrogen and oxygen atoms in total. The normalized spacial score (nSPS) is 14.9. The molecular weight excluding hydrogens is 185 g/mol. The lowest BCUT2D eigenvalue weighted by Crippen LogP contribution is -2.36. The zero-order valence-corrected chi connectivity index (χ0v) is 8.25. The first-order chi connectivity index (χ1) is 6.51. The molecule has 1 rings (SSSR count). The Morgan fingerprint density at radius 1 is 1.57 bits per heavy atom. The van der Waals surface area contributed by atoms with E-state index in [9.17, 15) is 4.39 Å². The molecule has 0 bridgehead atoms. The van der Waals surface area contributed by atoms with E-state index in [1.54, 1.807) is 13.0 Å². The van der Waals surface area contributed by atoms with Crippen molar-refractivity contribution in [2.24, 2.45) is 5.73 Å². The molecule has 14 heavy (non-hydrogen) atoms. The van der Waals surface area contributed by atoms with Gasteiger partial charge >= 0.3 is 0 Å². The van der Waals surface area contributed by atoms with E-state index in [1.807, 2.05) is 0 Å². The molecule has 0 spiro atoms. The second kappa shape index (κ2) is 3.94. The van der Waals surface area contributed by atoms with E-state index in [4.69, 9.17) is 15.6 Å². The quantitative estimate of drug-likeness (QED) is 0.763. The van der Waals surface area contributed by atoms with Crippen molar-refractivity contribution in [3.05, 3.63) is 29.6 Å². The number of hydrogen-bond donors (Lipinski definition) is 2. The molecule has 0 saturated heterocycles. The van der Waals surface area contributed by atoms with Gasteiger partial charge < -0.3 is 15.6 Å². The molecule has 1 aromatic carbocycles. The Morgan fingerprint density at radius 2 is 2.21 bits per heavy atom. The Bertz CT molecular complexity index is 326. The summed E-state index contributed by atoms with van der Waals surface area (Å²) in [6, 6.07) is 4.40. The van der Waals surface area contributed by atoms with Crippen LogP contribution >= 0.6 is 0 Å². The number of benzene rings is 1. The third kappa shape index (κ3) is 2.02. The predicted octanol–water partition coefficient (Wildman–Crippen LogP) is 1.00. The molecule has 0 aromatic heterocycles. The minimum Gasteiger partial charge on any atom is -0.494 e. The van der Waals surface area contributed by atoms with Crippen molar-refractivity contribution >= 4 is 0 Å². The SMILES string of the molecule is COc1ccc([C@](C)(N)CO)cc1F. The molecule has 1 atom stereocenters. The van der Waals surface area contributed by atoms with Gasteiger partial charge in [0.15, 0.2) is 11.6 Å². The van der Waals surface area contributed by atoms with Crippen molar-refractivity contribution < 1.29 is 14.2 Å². The van der Waals surface area contributed by atoms with Crippen molar-refractivity contribution in [2.45, 2.75) is 12.5 Å². The predicted molar refractivity (Wildman–Crippen MR) is 51.6 cm³/mol. The number of aliphatic hydroxyl groups excluding tert-OH is 1. The molecule has 0 fully saturated rings. The first-order valence-corrected chi connectivity index (χ1v) is 4.25. The van der Waals surface area contributed by atoms with Gasteiger partial charge in [0, 0.05) is 0 Å². The van der Waals surface area contributed by atoms with E-state index in [0.29, 0.717) is 5.56 Å². The largest absolute Gasteiger partial charge is 0.494 e. The van der Waals surface area contributed by atoms with E-state index in [-0.39, 0.29) is 12.4 Å². The van der Waals surface area contributed by atoms with Crippen LogP contribution in [-0.2, 0) is 5.54 Å². The number of nitrogens with two attached hydrogens (primary N) is 1. The van der Waals surface area contributed by atoms with E-state index in [0.717, 1.165) is 0 Å². The van der Waals surface area contributed by atoms with Gasteiger partial charge in [-0.05, 0) is 24.6 Å². The number of halogens is 1. The molecule has 3 N–H and O–H groups in total. The van der Waals surface area contributed by atoms with Crippen LogP contribution in [0.5, 0.6) is 5.75 Å². The van der Waals surface area contributed by atoms with Crippen LogP contribution in [0.25, 0.3) is 0 Å². The van der Waals surface area contributed by atoms with Gasteiger partial charge in [-0.25, -0.2) is 4.39 Å². The Kier molecular flexibility index (Phi) is 3.08. The van der Waals surface area contributed by atoms with E-state index in [2.05, 4.69) is 0 Å². The highest BCUT2D eigenvalue weighted by molar-refractivity contribution is 5.32. The molecule has 0 aliphatic heterocycles. The minimum absolute atomic E-state index is 0.169. The van der Waals surface area contributed by atoms with Crippen molar-refractivity contribution in [3.63, 3.8) is 0 Å². The summed E-state index contributed by atoms with van der Waals surface area (Å²) in [5.74, 6) is -0.308. The first-order valence-electron chi connectivity index (χ1n) is 4.25. The number of hydrogen-bond acceptors (Lipinski definition) is 3. The van der Waals surface area contributed by atoms with Crippen LogP contribution in [-0.4, -0.2) is 18.8 Å². The second-order valence-electron chi connectivity index (χ2n) is 3.42. The highest BCUT2D eigenvalue weighted by Crippen LogP contribution is 2.23. The van der Waals surface area contributed by atoms with Crippen LogP contribution in [0.15, 0.2) is 18.2 Å². The van der Waals surface area contributed by atoms with Crippen LogP contribution in [0, 0.1) is 5.82 Å². The maximum atomic E-state index is 13.3. The summed E-state index contributed by atoms with van der Waals surface area (Å²) in [5.41, 5.74) is 5.36. The zero-order chi connectivity index (χ0) is 10.8. The van der Waals surface area contributed by atoms with Crippen molar-refractivity contribution in [1.82, 2.24) is 0 Å². The highest BCUT2D eigenvalue weighted by Gasteiger charge is 2.21. The van der Waals surface area contributed by atoms with Gasteiger partial charge in [0.2, 0.25) is 0 Å². The van der Waals surface area contributed by atoms with E-state index in [1.165, 1.54) is 19.2 Å². The summed E-state index contributed by atoms with van der Waals surface area (Å²) < 4.78 is 18.0. The molecule has 0 aliphatic rings. The van der Waals surface area contributed by atoms with Gasteiger partial charge in [0.1, 0.15) is 0 Å². The molecular formula is C10H14FNO2. The van der Waals surface area contributed by atoms with Gasteiger partial charge in [-0.2, -0.15) is 0 Å². The summed E-state index contributed by atoms with van der Waals surface area (Å²) >= 11 is 0. The van der Waals surface area contributed by atoms with E-state index < -0.39 is 11.4 Å². The van der Waals surface area contributed by atoms with Crippen molar-refractivity contribution in [2.75, 3.05) is 13.7 Å². The lowest BCUT2D eigenvalue weighted by molar-refractivity contribution is 0.209. The molecule has 0 heterocycles. The fraction of sp³-hybridized carbons (Fsp3) is 0.400. The number of ether oxygens (including phenoxy) is 1. The summed E-state index contributed by atoms with van der Waals surface area (Å²) in [6.45, 7) is 1.40. The summed E-state index contributed by atoms with van der Waals surface area (Å²) in [5, 5.41) is 8.99. The summed E-state index contributed by atoms with van der Waals surface area (Å²) in [6.07, 6.45) is 0. The molecule has 0 unspecified atom stereocenters. The summed E-state index contributed by atoms with van der Waals surface area (Å²) in [4.78, 5) is 0. The van der Waals surface area contributed by atoms with Crippen molar-refractivity contribution in [1.29, 1.82) is 0 Å². The third-order valence-corrected chi connectivity index (χ3v) is 2.14. The van der Waals surface area contributed by atoms with Gasteiger partial charge in [-0.3, -0.25) is 0 Å². The molecule has 0 aliphatic carbocycles. The first kappa shape index (κ1) is 10.9. The Balaban J connectivity index is 3.08. The highest BCUT2D eigenvalue weighted by atomic mass is 19.1. The van der Waals surface area contributed by atoms with Gasteiger partial charge in [-0.1, -0.05) is 6.07 Å². The Morgan fingerprint density at radius 3 is 2.64 bits per heavy atom. The maximum absolute atomic E-state index is 13.3. The Labute approximate surface area is 82.3 Å². The third-order valence-electron chi connectivity index (χ3n) is 2.14. The monoisotopic (exact) mass is 199 g/mol. The number of methoxy groups -OCH3 is 1. The number of aliphatic hydroxyl groups is 1. The van der Waals surface area contributed by atoms with Crippen LogP contribution < -0.4 is 10.5 Å². The minimum atomic E-state index is -0.924. The summed E-state index contributed by atoms with van der Waals surface area (Å²) in [7, 11) is 1.39. The molecule has 1 aromatic rings. The lowest BCUT2D eigenvalue weighted by Gasteiger charge is -2.22. The van der Waals surface area contributed by atoms with Crippen LogP contribution in [0.1, 0.15) is 12.5 Å². The standard InChI is InChI=1S/C10H14FNO2/c1-10(12,6-13)7-3-4-9(14-2)8(11)5-7/h3-5,13H,6,12H2,1-2H3/t10-/m1/s1. The average Bonchev–Trinajstić information content (AvgIpc) is 2.17. The molecule has 0 saturated carbocycles. The molecule has 4 heteroatoms. The van der Waals surface area contributed by atoms with Gasteiger partial charge in [0.05, 0.1) is 19.3 Å². The molecule has 78 valence electrons. The smallest absolute Gasteiger partial charge is 0.165 e. The van der Waals surface area contributed by atoms with Gasteiger partial charge in [-0.15, -0.1) is 0 Å².